The Balaban J connectivity index is 1.14. The van der Waals surface area contributed by atoms with E-state index in [-0.39, 0.29) is 48.3 Å². The van der Waals surface area contributed by atoms with Gasteiger partial charge in [0.15, 0.2) is 5.13 Å². The van der Waals surface area contributed by atoms with Gasteiger partial charge in [0.05, 0.1) is 30.3 Å². The van der Waals surface area contributed by atoms with Crippen molar-refractivity contribution in [1.82, 2.24) is 24.3 Å². The highest BCUT2D eigenvalue weighted by Gasteiger charge is 2.27. The number of anilines is 1. The second-order valence-electron chi connectivity index (χ2n) is 11.1. The molecular formula is C31H36N6O5S. The number of amides is 3. The van der Waals surface area contributed by atoms with Crippen molar-refractivity contribution in [3.8, 4) is 5.75 Å². The molecule has 0 spiro atoms. The number of likely N-dealkylation sites (tertiary alicyclic amines) is 1. The van der Waals surface area contributed by atoms with Gasteiger partial charge in [0, 0.05) is 36.6 Å². The fourth-order valence-corrected chi connectivity index (χ4v) is 6.16. The van der Waals surface area contributed by atoms with E-state index in [0.29, 0.717) is 54.6 Å². The minimum Gasteiger partial charge on any atom is -0.497 e. The van der Waals surface area contributed by atoms with E-state index in [2.05, 4.69) is 15.3 Å². The third kappa shape index (κ3) is 7.14. The molecule has 12 heteroatoms. The molecule has 4 aromatic rings. The molecule has 2 aromatic carbocycles. The molecule has 1 fully saturated rings. The van der Waals surface area contributed by atoms with Crippen LogP contribution in [0.3, 0.4) is 0 Å². The van der Waals surface area contributed by atoms with Crippen LogP contribution in [0.2, 0.25) is 0 Å². The third-order valence-corrected chi connectivity index (χ3v) is 8.29. The van der Waals surface area contributed by atoms with Gasteiger partial charge in [0.1, 0.15) is 12.3 Å². The van der Waals surface area contributed by atoms with E-state index in [0.717, 1.165) is 11.0 Å². The molecule has 3 amide bonds. The Bertz CT molecular complexity index is 1650. The number of aromatic amines is 1. The first-order valence-electron chi connectivity index (χ1n) is 14.4. The molecule has 1 aliphatic rings. The van der Waals surface area contributed by atoms with E-state index in [1.807, 2.05) is 43.0 Å². The van der Waals surface area contributed by atoms with Crippen LogP contribution in [-0.4, -0.2) is 75.3 Å². The van der Waals surface area contributed by atoms with Crippen LogP contribution >= 0.6 is 11.3 Å². The Labute approximate surface area is 253 Å². The van der Waals surface area contributed by atoms with E-state index in [9.17, 15) is 19.2 Å². The van der Waals surface area contributed by atoms with Gasteiger partial charge in [-0.1, -0.05) is 26.0 Å². The lowest BCUT2D eigenvalue weighted by Crippen LogP contribution is -2.41. The first kappa shape index (κ1) is 30.0. The molecule has 0 bridgehead atoms. The standard InChI is InChI=1S/C31H36N6O5S/c1-20(2)17-36(29(40)21-8-10-24(42-3)11-9-21)18-27(38)34-30-32-22(19-43-30)16-28(39)35-14-12-23(13-15-35)37-26-7-5-4-6-25(26)33-31(37)41/h4-11,19-20,23H,12-18H2,1-3H3,(H,33,41)(H,32,34,38). The Kier molecular flexibility index (Phi) is 9.24. The van der Waals surface area contributed by atoms with E-state index >= 15 is 0 Å². The Morgan fingerprint density at radius 3 is 2.53 bits per heavy atom. The van der Waals surface area contributed by atoms with E-state index < -0.39 is 0 Å². The van der Waals surface area contributed by atoms with Crippen LogP contribution in [0.25, 0.3) is 11.0 Å². The van der Waals surface area contributed by atoms with Gasteiger partial charge in [-0.05, 0) is 55.2 Å². The van der Waals surface area contributed by atoms with Gasteiger partial charge in [0.25, 0.3) is 5.91 Å². The number of hydrogen-bond acceptors (Lipinski definition) is 7. The second kappa shape index (κ2) is 13.2. The lowest BCUT2D eigenvalue weighted by Gasteiger charge is -2.32. The zero-order valence-corrected chi connectivity index (χ0v) is 25.4. The number of fused-ring (bicyclic) bond motifs is 1. The average molecular weight is 605 g/mol. The lowest BCUT2D eigenvalue weighted by atomic mass is 10.0. The normalized spacial score (nSPS) is 13.8. The van der Waals surface area contributed by atoms with Crippen LogP contribution in [0, 0.1) is 5.92 Å². The Hall–Kier alpha value is -4.45. The van der Waals surface area contributed by atoms with Crippen molar-refractivity contribution in [2.45, 2.75) is 39.2 Å². The smallest absolute Gasteiger partial charge is 0.326 e. The highest BCUT2D eigenvalue weighted by molar-refractivity contribution is 7.13. The number of nitrogens with one attached hydrogen (secondary N) is 2. The van der Waals surface area contributed by atoms with E-state index in [1.54, 1.807) is 41.3 Å². The van der Waals surface area contributed by atoms with Crippen molar-refractivity contribution in [2.24, 2.45) is 5.92 Å². The quantitative estimate of drug-likeness (QED) is 0.282. The monoisotopic (exact) mass is 604 g/mol. The summed E-state index contributed by atoms with van der Waals surface area (Å²) in [7, 11) is 1.56. The van der Waals surface area contributed by atoms with Crippen LogP contribution in [-0.2, 0) is 16.0 Å². The molecule has 226 valence electrons. The predicted molar refractivity (Wildman–Crippen MR) is 166 cm³/mol. The summed E-state index contributed by atoms with van der Waals surface area (Å²) in [5.74, 6) is 0.177. The average Bonchev–Trinajstić information content (AvgIpc) is 3.58. The van der Waals surface area contributed by atoms with Crippen LogP contribution in [0.15, 0.2) is 58.7 Å². The molecule has 11 nitrogen and oxygen atoms in total. The molecule has 1 aliphatic heterocycles. The third-order valence-electron chi connectivity index (χ3n) is 7.48. The molecular weight excluding hydrogens is 568 g/mol. The number of nitrogens with zero attached hydrogens (tertiary/aromatic N) is 4. The van der Waals surface area contributed by atoms with Crippen LogP contribution < -0.4 is 15.7 Å². The zero-order chi connectivity index (χ0) is 30.5. The number of rotatable bonds is 10. The fourth-order valence-electron chi connectivity index (χ4n) is 5.43. The SMILES string of the molecule is COc1ccc(C(=O)N(CC(=O)Nc2nc(CC(=O)N3CCC(n4c(=O)[nH]c5ccccc54)CC3)cs2)CC(C)C)cc1. The highest BCUT2D eigenvalue weighted by Crippen LogP contribution is 2.26. The molecule has 43 heavy (non-hydrogen) atoms. The topological polar surface area (TPSA) is 130 Å². The molecule has 0 radical (unpaired) electrons. The fraction of sp³-hybridized carbons (Fsp3) is 0.387. The summed E-state index contributed by atoms with van der Waals surface area (Å²) in [6.45, 7) is 5.38. The maximum Gasteiger partial charge on any atom is 0.326 e. The number of imidazole rings is 1. The van der Waals surface area contributed by atoms with Crippen molar-refractivity contribution in [3.05, 3.63) is 75.7 Å². The van der Waals surface area contributed by atoms with Gasteiger partial charge >= 0.3 is 5.69 Å². The minimum atomic E-state index is -0.357. The highest BCUT2D eigenvalue weighted by atomic mass is 32.1. The first-order chi connectivity index (χ1) is 20.7. The number of aromatic nitrogens is 3. The molecule has 2 aromatic heterocycles. The number of methoxy groups -OCH3 is 1. The number of carbonyl (C=O) groups is 3. The van der Waals surface area contributed by atoms with Crippen LogP contribution in [0.4, 0.5) is 5.13 Å². The number of piperidine rings is 1. The van der Waals surface area contributed by atoms with E-state index in [4.69, 9.17) is 4.74 Å². The minimum absolute atomic E-state index is 0.0284. The van der Waals surface area contributed by atoms with Crippen LogP contribution in [0.1, 0.15) is 48.8 Å². The molecule has 0 saturated carbocycles. The Morgan fingerprint density at radius 2 is 1.84 bits per heavy atom. The number of ether oxygens (including phenoxy) is 1. The maximum atomic E-state index is 13.1. The Morgan fingerprint density at radius 1 is 1.12 bits per heavy atom. The summed E-state index contributed by atoms with van der Waals surface area (Å²) in [6, 6.07) is 14.5. The number of para-hydroxylation sites is 2. The molecule has 1 saturated heterocycles. The molecule has 5 rings (SSSR count). The van der Waals surface area contributed by atoms with Crippen molar-refractivity contribution in [3.63, 3.8) is 0 Å². The van der Waals surface area contributed by atoms with Gasteiger partial charge in [0.2, 0.25) is 11.8 Å². The first-order valence-corrected chi connectivity index (χ1v) is 15.2. The summed E-state index contributed by atoms with van der Waals surface area (Å²) < 4.78 is 6.97. The predicted octanol–water partition coefficient (Wildman–Crippen LogP) is 3.94. The number of benzene rings is 2. The largest absolute Gasteiger partial charge is 0.497 e. The van der Waals surface area contributed by atoms with Crippen LogP contribution in [0.5, 0.6) is 5.75 Å². The zero-order valence-electron chi connectivity index (χ0n) is 24.5. The molecule has 3 heterocycles. The summed E-state index contributed by atoms with van der Waals surface area (Å²) in [5, 5.41) is 4.92. The molecule has 0 aliphatic carbocycles. The number of H-pyrrole nitrogens is 1. The number of thiazole rings is 1. The van der Waals surface area contributed by atoms with Gasteiger partial charge in [-0.3, -0.25) is 19.0 Å². The van der Waals surface area contributed by atoms with Gasteiger partial charge in [-0.15, -0.1) is 11.3 Å². The summed E-state index contributed by atoms with van der Waals surface area (Å²) in [5.41, 5.74) is 2.62. The van der Waals surface area contributed by atoms with Crippen molar-refractivity contribution < 1.29 is 19.1 Å². The second-order valence-corrected chi connectivity index (χ2v) is 12.0. The molecule has 0 atom stereocenters. The lowest BCUT2D eigenvalue weighted by molar-refractivity contribution is -0.131. The van der Waals surface area contributed by atoms with Gasteiger partial charge in [-0.25, -0.2) is 9.78 Å². The number of hydrogen-bond donors (Lipinski definition) is 2. The molecule has 2 N–H and O–H groups in total. The van der Waals surface area contributed by atoms with Crippen molar-refractivity contribution in [1.29, 1.82) is 0 Å². The van der Waals surface area contributed by atoms with E-state index in [1.165, 1.54) is 16.2 Å². The molecule has 0 unspecified atom stereocenters. The van der Waals surface area contributed by atoms with Crippen molar-refractivity contribution >= 4 is 45.2 Å². The summed E-state index contributed by atoms with van der Waals surface area (Å²) >= 11 is 1.25. The summed E-state index contributed by atoms with van der Waals surface area (Å²) in [6.07, 6.45) is 1.50. The summed E-state index contributed by atoms with van der Waals surface area (Å²) in [4.78, 5) is 62.3. The van der Waals surface area contributed by atoms with Gasteiger partial charge < -0.3 is 24.8 Å². The van der Waals surface area contributed by atoms with Crippen molar-refractivity contribution in [2.75, 3.05) is 38.6 Å². The number of carbonyl (C=O) groups excluding carboxylic acids is 3. The maximum absolute atomic E-state index is 13.1. The van der Waals surface area contributed by atoms with Gasteiger partial charge in [-0.2, -0.15) is 0 Å².